The number of fused-ring (bicyclic) bond motifs is 2. The van der Waals surface area contributed by atoms with Crippen molar-refractivity contribution in [2.75, 3.05) is 5.32 Å². The third-order valence-corrected chi connectivity index (χ3v) is 5.03. The van der Waals surface area contributed by atoms with E-state index in [0.29, 0.717) is 39.8 Å². The molecule has 0 saturated heterocycles. The Hall–Kier alpha value is -4.15. The summed E-state index contributed by atoms with van der Waals surface area (Å²) in [6, 6.07) is 10.2. The molecule has 0 bridgehead atoms. The van der Waals surface area contributed by atoms with E-state index in [4.69, 9.17) is 4.74 Å². The maximum atomic E-state index is 12.8. The number of halogens is 3. The minimum atomic E-state index is -4.38. The van der Waals surface area contributed by atoms with Crippen LogP contribution in [-0.2, 0) is 20.3 Å². The zero-order valence-corrected chi connectivity index (χ0v) is 16.9. The number of rotatable bonds is 4. The van der Waals surface area contributed by atoms with Crippen molar-refractivity contribution < 1.29 is 17.9 Å². The molecule has 0 unspecified atom stereocenters. The van der Waals surface area contributed by atoms with Gasteiger partial charge < -0.3 is 14.6 Å². The number of alkyl halides is 3. The van der Waals surface area contributed by atoms with Gasteiger partial charge in [-0.15, -0.1) is 0 Å². The third kappa shape index (κ3) is 3.47. The first-order valence-electron chi connectivity index (χ1n) is 9.51. The molecule has 0 amide bonds. The number of nitrogens with one attached hydrogen (secondary N) is 1. The number of aryl methyl sites for hydroxylation is 2. The monoisotopic (exact) mass is 439 g/mol. The topological polar surface area (TPSA) is 82.7 Å². The molecule has 32 heavy (non-hydrogen) atoms. The first-order chi connectivity index (χ1) is 15.3. The summed E-state index contributed by atoms with van der Waals surface area (Å²) in [4.78, 5) is 12.9. The molecule has 0 radical (unpaired) electrons. The van der Waals surface area contributed by atoms with Gasteiger partial charge in [-0.05, 0) is 36.4 Å². The lowest BCUT2D eigenvalue weighted by atomic mass is 10.2. The molecule has 3 aromatic heterocycles. The summed E-state index contributed by atoms with van der Waals surface area (Å²) in [6.07, 6.45) is -1.33. The number of hydrogen-bond donors (Lipinski definition) is 1. The van der Waals surface area contributed by atoms with E-state index in [1.54, 1.807) is 34.6 Å². The number of hydrogen-bond acceptors (Lipinski definition) is 6. The van der Waals surface area contributed by atoms with E-state index in [1.807, 2.05) is 13.1 Å². The predicted molar refractivity (Wildman–Crippen MR) is 112 cm³/mol. The van der Waals surface area contributed by atoms with Crippen LogP contribution in [0.25, 0.3) is 22.1 Å². The summed E-state index contributed by atoms with van der Waals surface area (Å²) in [6.45, 7) is 0. The van der Waals surface area contributed by atoms with E-state index in [1.165, 1.54) is 18.5 Å². The molecule has 0 aliphatic carbocycles. The largest absolute Gasteiger partial charge is 0.438 e. The van der Waals surface area contributed by atoms with Crippen LogP contribution in [0.1, 0.15) is 5.56 Å². The average molecular weight is 439 g/mol. The van der Waals surface area contributed by atoms with Crippen molar-refractivity contribution >= 4 is 33.7 Å². The molecule has 0 fully saturated rings. The fourth-order valence-corrected chi connectivity index (χ4v) is 3.36. The lowest BCUT2D eigenvalue weighted by Gasteiger charge is -2.09. The van der Waals surface area contributed by atoms with Gasteiger partial charge in [0, 0.05) is 25.8 Å². The van der Waals surface area contributed by atoms with Crippen molar-refractivity contribution in [3.63, 3.8) is 0 Å². The smallest absolute Gasteiger partial charge is 0.416 e. The van der Waals surface area contributed by atoms with Crippen molar-refractivity contribution in [2.24, 2.45) is 14.1 Å². The van der Waals surface area contributed by atoms with Gasteiger partial charge in [0.15, 0.2) is 5.65 Å². The standard InChI is InChI=1S/C21H16F3N7O/c1-30-17-8-7-14(32-19-15-10-27-31(2)18(15)25-11-26-19)9-16(17)29-20(30)28-13-5-3-12(4-6-13)21(22,23)24/h3-11H,1-2H3,(H,28,29). The minimum Gasteiger partial charge on any atom is -0.438 e. The van der Waals surface area contributed by atoms with Crippen molar-refractivity contribution in [2.45, 2.75) is 6.18 Å². The second-order valence-electron chi connectivity index (χ2n) is 7.13. The number of benzene rings is 2. The lowest BCUT2D eigenvalue weighted by molar-refractivity contribution is -0.137. The van der Waals surface area contributed by atoms with Gasteiger partial charge in [-0.3, -0.25) is 4.68 Å². The first-order valence-corrected chi connectivity index (χ1v) is 9.51. The van der Waals surface area contributed by atoms with Crippen LogP contribution in [-0.4, -0.2) is 29.3 Å². The summed E-state index contributed by atoms with van der Waals surface area (Å²) in [5, 5.41) is 7.90. The number of aromatic nitrogens is 6. The molecule has 0 aliphatic heterocycles. The molecule has 5 aromatic rings. The van der Waals surface area contributed by atoms with E-state index in [0.717, 1.165) is 17.6 Å². The van der Waals surface area contributed by atoms with Gasteiger partial charge in [0.25, 0.3) is 0 Å². The third-order valence-electron chi connectivity index (χ3n) is 5.03. The van der Waals surface area contributed by atoms with Crippen LogP contribution >= 0.6 is 0 Å². The fourth-order valence-electron chi connectivity index (χ4n) is 3.36. The van der Waals surface area contributed by atoms with Crippen molar-refractivity contribution in [3.8, 4) is 11.6 Å². The molecule has 1 N–H and O–H groups in total. The van der Waals surface area contributed by atoms with Crippen molar-refractivity contribution in [3.05, 3.63) is 60.6 Å². The molecule has 8 nitrogen and oxygen atoms in total. The zero-order chi connectivity index (χ0) is 22.5. The first kappa shape index (κ1) is 19.8. The Kier molecular flexibility index (Phi) is 4.47. The van der Waals surface area contributed by atoms with E-state index in [2.05, 4.69) is 25.4 Å². The van der Waals surface area contributed by atoms with Gasteiger partial charge >= 0.3 is 6.18 Å². The Bertz CT molecular complexity index is 1440. The van der Waals surface area contributed by atoms with Crippen LogP contribution in [0.3, 0.4) is 0 Å². The Morgan fingerprint density at radius 2 is 1.78 bits per heavy atom. The second-order valence-corrected chi connectivity index (χ2v) is 7.13. The minimum absolute atomic E-state index is 0.376. The molecule has 2 aromatic carbocycles. The van der Waals surface area contributed by atoms with Crippen molar-refractivity contribution in [1.82, 2.24) is 29.3 Å². The maximum absolute atomic E-state index is 12.8. The number of imidazole rings is 1. The fraction of sp³-hybridized carbons (Fsp3) is 0.143. The Labute approximate surface area is 179 Å². The van der Waals surface area contributed by atoms with Gasteiger partial charge in [0.1, 0.15) is 17.5 Å². The summed E-state index contributed by atoms with van der Waals surface area (Å²) < 4.78 is 47.7. The van der Waals surface area contributed by atoms with Gasteiger partial charge in [0.05, 0.1) is 22.8 Å². The normalized spacial score (nSPS) is 11.9. The van der Waals surface area contributed by atoms with Gasteiger partial charge in [-0.25, -0.2) is 15.0 Å². The molecule has 3 heterocycles. The molecule has 0 aliphatic rings. The van der Waals surface area contributed by atoms with Crippen LogP contribution < -0.4 is 10.1 Å². The van der Waals surface area contributed by atoms with Crippen LogP contribution in [0.15, 0.2) is 55.0 Å². The molecule has 162 valence electrons. The van der Waals surface area contributed by atoms with Crippen molar-refractivity contribution in [1.29, 1.82) is 0 Å². The average Bonchev–Trinajstić information content (AvgIpc) is 3.28. The summed E-state index contributed by atoms with van der Waals surface area (Å²) in [5.41, 5.74) is 1.91. The number of nitrogens with zero attached hydrogens (tertiary/aromatic N) is 6. The van der Waals surface area contributed by atoms with Crippen LogP contribution in [0, 0.1) is 0 Å². The summed E-state index contributed by atoms with van der Waals surface area (Å²) in [5.74, 6) is 1.38. The van der Waals surface area contributed by atoms with Gasteiger partial charge in [-0.2, -0.15) is 18.3 Å². The zero-order valence-electron chi connectivity index (χ0n) is 16.9. The Morgan fingerprint density at radius 3 is 2.53 bits per heavy atom. The maximum Gasteiger partial charge on any atom is 0.416 e. The molecular weight excluding hydrogens is 423 g/mol. The van der Waals surface area contributed by atoms with Crippen LogP contribution in [0.5, 0.6) is 11.6 Å². The highest BCUT2D eigenvalue weighted by Crippen LogP contribution is 2.32. The molecule has 5 rings (SSSR count). The summed E-state index contributed by atoms with van der Waals surface area (Å²) in [7, 11) is 3.59. The lowest BCUT2D eigenvalue weighted by Crippen LogP contribution is -2.05. The number of ether oxygens (including phenoxy) is 1. The van der Waals surface area contributed by atoms with Gasteiger partial charge in [0.2, 0.25) is 11.8 Å². The highest BCUT2D eigenvalue weighted by molar-refractivity contribution is 5.82. The Morgan fingerprint density at radius 1 is 1.00 bits per heavy atom. The molecule has 0 spiro atoms. The second kappa shape index (κ2) is 7.22. The molecule has 11 heteroatoms. The molecular formula is C21H16F3N7O. The van der Waals surface area contributed by atoms with Crippen LogP contribution in [0.2, 0.25) is 0 Å². The summed E-state index contributed by atoms with van der Waals surface area (Å²) >= 11 is 0. The van der Waals surface area contributed by atoms with E-state index in [9.17, 15) is 13.2 Å². The van der Waals surface area contributed by atoms with E-state index in [-0.39, 0.29) is 0 Å². The SMILES string of the molecule is Cn1ncc2c(Oc3ccc4c(c3)nc(Nc3ccc(C(F)(F)F)cc3)n4C)ncnc21. The molecule has 0 saturated carbocycles. The predicted octanol–water partition coefficient (Wildman–Crippen LogP) is 4.80. The van der Waals surface area contributed by atoms with E-state index < -0.39 is 11.7 Å². The number of anilines is 2. The highest BCUT2D eigenvalue weighted by Gasteiger charge is 2.30. The highest BCUT2D eigenvalue weighted by atomic mass is 19.4. The van der Waals surface area contributed by atoms with E-state index >= 15 is 0 Å². The van der Waals surface area contributed by atoms with Gasteiger partial charge in [-0.1, -0.05) is 0 Å². The Balaban J connectivity index is 1.43. The molecule has 0 atom stereocenters. The quantitative estimate of drug-likeness (QED) is 0.433. The van der Waals surface area contributed by atoms with Crippen LogP contribution in [0.4, 0.5) is 24.8 Å².